The molecule has 2 aromatic rings. The highest BCUT2D eigenvalue weighted by atomic mass is 16.5. The fraction of sp³-hybridized carbons (Fsp3) is 0.167. The number of aromatic nitrogens is 1. The molecule has 0 spiro atoms. The molecule has 1 heterocycles. The van der Waals surface area contributed by atoms with Crippen LogP contribution in [-0.2, 0) is 0 Å². The summed E-state index contributed by atoms with van der Waals surface area (Å²) in [5.41, 5.74) is 8.65. The molecule has 5 heteroatoms. The van der Waals surface area contributed by atoms with Crippen molar-refractivity contribution in [1.82, 2.24) is 5.16 Å². The first-order chi connectivity index (χ1) is 8.06. The van der Waals surface area contributed by atoms with Crippen LogP contribution in [0.1, 0.15) is 21.8 Å². The van der Waals surface area contributed by atoms with E-state index >= 15 is 0 Å². The average molecular weight is 231 g/mol. The van der Waals surface area contributed by atoms with Crippen LogP contribution in [0.25, 0.3) is 0 Å². The summed E-state index contributed by atoms with van der Waals surface area (Å²) in [5, 5.41) is 6.37. The molecular weight excluding hydrogens is 218 g/mol. The topological polar surface area (TPSA) is 81.2 Å². The van der Waals surface area contributed by atoms with Crippen LogP contribution >= 0.6 is 0 Å². The van der Waals surface area contributed by atoms with E-state index in [2.05, 4.69) is 10.5 Å². The van der Waals surface area contributed by atoms with E-state index in [9.17, 15) is 4.79 Å². The average Bonchev–Trinajstić information content (AvgIpc) is 2.70. The van der Waals surface area contributed by atoms with Gasteiger partial charge in [-0.2, -0.15) is 0 Å². The second-order valence-corrected chi connectivity index (χ2v) is 3.86. The van der Waals surface area contributed by atoms with Crippen LogP contribution in [0, 0.1) is 13.8 Å². The molecule has 0 fully saturated rings. The highest BCUT2D eigenvalue weighted by molar-refractivity contribution is 6.02. The van der Waals surface area contributed by atoms with Gasteiger partial charge in [-0.25, -0.2) is 0 Å². The van der Waals surface area contributed by atoms with E-state index in [0.717, 1.165) is 5.56 Å². The van der Waals surface area contributed by atoms with E-state index in [1.165, 1.54) is 0 Å². The van der Waals surface area contributed by atoms with Crippen molar-refractivity contribution < 1.29 is 9.32 Å². The minimum Gasteiger partial charge on any atom is -0.399 e. The molecule has 0 saturated heterocycles. The number of nitrogens with one attached hydrogen (secondary N) is 1. The summed E-state index contributed by atoms with van der Waals surface area (Å²) in [4.78, 5) is 11.7. The minimum absolute atomic E-state index is 0.192. The first-order valence-electron chi connectivity index (χ1n) is 5.17. The summed E-state index contributed by atoms with van der Waals surface area (Å²) in [5.74, 6) is -0.133. The lowest BCUT2D eigenvalue weighted by atomic mass is 10.2. The fourth-order valence-electron chi connectivity index (χ4n) is 1.42. The summed E-state index contributed by atoms with van der Waals surface area (Å²) in [6.07, 6.45) is 0. The van der Waals surface area contributed by atoms with Crippen LogP contribution in [0.3, 0.4) is 0 Å². The minimum atomic E-state index is -0.324. The quantitative estimate of drug-likeness (QED) is 0.776. The number of nitrogen functional groups attached to an aromatic ring is 1. The highest BCUT2D eigenvalue weighted by Crippen LogP contribution is 2.17. The zero-order chi connectivity index (χ0) is 12.4. The largest absolute Gasteiger partial charge is 0.399 e. The second kappa shape index (κ2) is 4.29. The van der Waals surface area contributed by atoms with E-state index in [4.69, 9.17) is 10.3 Å². The Bertz CT molecular complexity index is 561. The molecule has 0 aliphatic rings. The predicted molar refractivity (Wildman–Crippen MR) is 64.8 cm³/mol. The number of hydrogen-bond acceptors (Lipinski definition) is 4. The van der Waals surface area contributed by atoms with Crippen molar-refractivity contribution in [2.45, 2.75) is 13.8 Å². The van der Waals surface area contributed by atoms with Gasteiger partial charge in [-0.3, -0.25) is 4.79 Å². The number of nitrogens with zero attached hydrogens (tertiary/aromatic N) is 1. The summed E-state index contributed by atoms with van der Waals surface area (Å²) in [6, 6.07) is 6.87. The number of carbonyl (C=O) groups is 1. The monoisotopic (exact) mass is 231 g/mol. The number of rotatable bonds is 2. The van der Waals surface area contributed by atoms with Gasteiger partial charge in [0, 0.05) is 17.4 Å². The first kappa shape index (κ1) is 11.2. The third kappa shape index (κ3) is 2.44. The molecule has 88 valence electrons. The van der Waals surface area contributed by atoms with Crippen molar-refractivity contribution in [2.75, 3.05) is 11.1 Å². The maximum absolute atomic E-state index is 11.7. The van der Waals surface area contributed by atoms with Gasteiger partial charge >= 0.3 is 0 Å². The van der Waals surface area contributed by atoms with Crippen LogP contribution in [0.15, 0.2) is 28.8 Å². The number of hydrogen-bond donors (Lipinski definition) is 2. The van der Waals surface area contributed by atoms with E-state index in [-0.39, 0.29) is 11.7 Å². The molecule has 0 bridgehead atoms. The normalized spacial score (nSPS) is 10.2. The third-order valence-corrected chi connectivity index (χ3v) is 2.38. The zero-order valence-corrected chi connectivity index (χ0v) is 9.65. The molecule has 1 amide bonds. The van der Waals surface area contributed by atoms with Gasteiger partial charge in [-0.05, 0) is 37.6 Å². The molecule has 1 aromatic carbocycles. The Morgan fingerprint density at radius 2 is 2.12 bits per heavy atom. The Morgan fingerprint density at radius 3 is 2.71 bits per heavy atom. The Hall–Kier alpha value is -2.30. The standard InChI is InChI=1S/C12H13N3O2/c1-7-5-9(3-4-10(7)13)14-12(16)11-6-8(2)15-17-11/h3-6H,13H2,1-2H3,(H,14,16). The molecule has 2 rings (SSSR count). The van der Waals surface area contributed by atoms with Crippen molar-refractivity contribution in [3.05, 3.63) is 41.3 Å². The number of aryl methyl sites for hydroxylation is 2. The third-order valence-electron chi connectivity index (χ3n) is 2.38. The van der Waals surface area contributed by atoms with Crippen LogP contribution in [0.5, 0.6) is 0 Å². The molecule has 3 N–H and O–H groups in total. The second-order valence-electron chi connectivity index (χ2n) is 3.86. The highest BCUT2D eigenvalue weighted by Gasteiger charge is 2.11. The fourth-order valence-corrected chi connectivity index (χ4v) is 1.42. The Labute approximate surface area is 98.6 Å². The summed E-state index contributed by atoms with van der Waals surface area (Å²) < 4.78 is 4.87. The van der Waals surface area contributed by atoms with Crippen molar-refractivity contribution in [3.8, 4) is 0 Å². The lowest BCUT2D eigenvalue weighted by Crippen LogP contribution is -2.11. The SMILES string of the molecule is Cc1cc(C(=O)Nc2ccc(N)c(C)c2)on1. The smallest absolute Gasteiger partial charge is 0.294 e. The van der Waals surface area contributed by atoms with Gasteiger partial charge in [0.05, 0.1) is 5.69 Å². The molecule has 17 heavy (non-hydrogen) atoms. The number of benzene rings is 1. The van der Waals surface area contributed by atoms with Crippen molar-refractivity contribution in [3.63, 3.8) is 0 Å². The lowest BCUT2D eigenvalue weighted by molar-refractivity contribution is 0.0988. The maximum Gasteiger partial charge on any atom is 0.294 e. The number of nitrogens with two attached hydrogens (primary N) is 1. The number of anilines is 2. The van der Waals surface area contributed by atoms with Gasteiger partial charge in [-0.1, -0.05) is 5.16 Å². The van der Waals surface area contributed by atoms with Gasteiger partial charge in [0.25, 0.3) is 5.91 Å². The van der Waals surface area contributed by atoms with E-state index in [1.54, 1.807) is 31.2 Å². The van der Waals surface area contributed by atoms with Crippen molar-refractivity contribution in [1.29, 1.82) is 0 Å². The molecule has 0 aliphatic carbocycles. The molecule has 5 nitrogen and oxygen atoms in total. The number of amides is 1. The zero-order valence-electron chi connectivity index (χ0n) is 9.65. The molecule has 0 unspecified atom stereocenters. The molecule has 0 aliphatic heterocycles. The maximum atomic E-state index is 11.7. The van der Waals surface area contributed by atoms with E-state index in [1.807, 2.05) is 6.92 Å². The molecule has 0 saturated carbocycles. The lowest BCUT2D eigenvalue weighted by Gasteiger charge is -2.05. The van der Waals surface area contributed by atoms with Crippen molar-refractivity contribution in [2.24, 2.45) is 0 Å². The number of carbonyl (C=O) groups excluding carboxylic acids is 1. The van der Waals surface area contributed by atoms with Gasteiger partial charge in [-0.15, -0.1) is 0 Å². The van der Waals surface area contributed by atoms with Crippen LogP contribution < -0.4 is 11.1 Å². The first-order valence-corrected chi connectivity index (χ1v) is 5.17. The van der Waals surface area contributed by atoms with Gasteiger partial charge in [0.1, 0.15) is 0 Å². The molecule has 1 aromatic heterocycles. The van der Waals surface area contributed by atoms with Crippen LogP contribution in [0.2, 0.25) is 0 Å². The summed E-state index contributed by atoms with van der Waals surface area (Å²) in [7, 11) is 0. The summed E-state index contributed by atoms with van der Waals surface area (Å²) in [6.45, 7) is 3.64. The van der Waals surface area contributed by atoms with E-state index < -0.39 is 0 Å². The van der Waals surface area contributed by atoms with Gasteiger partial charge < -0.3 is 15.6 Å². The van der Waals surface area contributed by atoms with Crippen molar-refractivity contribution >= 4 is 17.3 Å². The van der Waals surface area contributed by atoms with E-state index in [0.29, 0.717) is 17.1 Å². The van der Waals surface area contributed by atoms with Crippen LogP contribution in [0.4, 0.5) is 11.4 Å². The van der Waals surface area contributed by atoms with Crippen LogP contribution in [-0.4, -0.2) is 11.1 Å². The van der Waals surface area contributed by atoms with Gasteiger partial charge in [0.15, 0.2) is 0 Å². The Balaban J connectivity index is 2.15. The Kier molecular flexibility index (Phi) is 2.82. The van der Waals surface area contributed by atoms with Gasteiger partial charge in [0.2, 0.25) is 5.76 Å². The molecule has 0 radical (unpaired) electrons. The molecule has 0 atom stereocenters. The summed E-state index contributed by atoms with van der Waals surface area (Å²) >= 11 is 0. The Morgan fingerprint density at radius 1 is 1.35 bits per heavy atom. The molecular formula is C12H13N3O2. The predicted octanol–water partition coefficient (Wildman–Crippen LogP) is 2.13.